The number of nitrogens with zero attached hydrogens (tertiary/aromatic N) is 2. The molecule has 3 nitrogen and oxygen atoms in total. The van der Waals surface area contributed by atoms with Crippen LogP contribution in [0.5, 0.6) is 0 Å². The maximum atomic E-state index is 4.24. The Bertz CT molecular complexity index is 240. The number of hydrogen-bond donors (Lipinski definition) is 1. The van der Waals surface area contributed by atoms with Gasteiger partial charge in [0, 0.05) is 18.9 Å². The van der Waals surface area contributed by atoms with Crippen LogP contribution in [0, 0.1) is 6.92 Å². The van der Waals surface area contributed by atoms with Crippen molar-refractivity contribution in [2.45, 2.75) is 19.8 Å². The molecule has 0 amide bonds. The second-order valence-corrected chi connectivity index (χ2v) is 3.06. The van der Waals surface area contributed by atoms with E-state index in [1.807, 2.05) is 20.2 Å². The van der Waals surface area contributed by atoms with Crippen LogP contribution in [0.4, 0.5) is 0 Å². The lowest BCUT2D eigenvalue weighted by Crippen LogP contribution is -2.09. The molecule has 0 bridgehead atoms. The summed E-state index contributed by atoms with van der Waals surface area (Å²) in [7, 11) is 4.05. The van der Waals surface area contributed by atoms with E-state index in [-0.39, 0.29) is 0 Å². The van der Waals surface area contributed by atoms with Crippen LogP contribution >= 0.6 is 0 Å². The first kappa shape index (κ1) is 9.26. The minimum Gasteiger partial charge on any atom is -0.335 e. The summed E-state index contributed by atoms with van der Waals surface area (Å²) in [6.07, 6.45) is 4.25. The molecule has 0 aliphatic rings. The van der Waals surface area contributed by atoms with Gasteiger partial charge in [-0.25, -0.2) is 4.98 Å². The van der Waals surface area contributed by atoms with Crippen LogP contribution in [0.1, 0.15) is 17.9 Å². The quantitative estimate of drug-likeness (QED) is 0.675. The van der Waals surface area contributed by atoms with E-state index in [2.05, 4.69) is 21.9 Å². The Balaban J connectivity index is 2.46. The zero-order valence-corrected chi connectivity index (χ0v) is 8.09. The van der Waals surface area contributed by atoms with E-state index in [0.717, 1.165) is 18.8 Å². The van der Waals surface area contributed by atoms with Crippen molar-refractivity contribution < 1.29 is 0 Å². The fourth-order valence-corrected chi connectivity index (χ4v) is 1.23. The van der Waals surface area contributed by atoms with E-state index in [9.17, 15) is 0 Å². The van der Waals surface area contributed by atoms with Crippen molar-refractivity contribution in [3.05, 3.63) is 17.7 Å². The number of hydrogen-bond acceptors (Lipinski definition) is 2. The first-order valence-corrected chi connectivity index (χ1v) is 4.37. The van der Waals surface area contributed by atoms with E-state index in [4.69, 9.17) is 0 Å². The van der Waals surface area contributed by atoms with E-state index in [1.54, 1.807) is 0 Å². The first-order valence-electron chi connectivity index (χ1n) is 4.37. The molecule has 0 fully saturated rings. The van der Waals surface area contributed by atoms with Gasteiger partial charge in [0.2, 0.25) is 0 Å². The molecule has 0 atom stereocenters. The van der Waals surface area contributed by atoms with Crippen molar-refractivity contribution >= 4 is 0 Å². The van der Waals surface area contributed by atoms with Crippen LogP contribution in [0.2, 0.25) is 0 Å². The van der Waals surface area contributed by atoms with Crippen LogP contribution in [0.25, 0.3) is 0 Å². The number of rotatable bonds is 4. The highest BCUT2D eigenvalue weighted by molar-refractivity contribution is 5.03. The van der Waals surface area contributed by atoms with Crippen LogP contribution in [-0.2, 0) is 13.5 Å². The molecule has 1 rings (SSSR count). The molecule has 0 spiro atoms. The average Bonchev–Trinajstić information content (AvgIpc) is 2.36. The van der Waals surface area contributed by atoms with Crippen molar-refractivity contribution in [3.8, 4) is 0 Å². The van der Waals surface area contributed by atoms with Crippen molar-refractivity contribution in [3.63, 3.8) is 0 Å². The fraction of sp³-hybridized carbons (Fsp3) is 0.667. The zero-order chi connectivity index (χ0) is 8.97. The van der Waals surface area contributed by atoms with Gasteiger partial charge in [-0.1, -0.05) is 0 Å². The molecule has 1 heterocycles. The molecule has 0 aliphatic carbocycles. The van der Waals surface area contributed by atoms with E-state index >= 15 is 0 Å². The van der Waals surface area contributed by atoms with Crippen LogP contribution in [0.3, 0.4) is 0 Å². The third-order valence-electron chi connectivity index (χ3n) is 2.18. The normalized spacial score (nSPS) is 10.6. The number of imidazole rings is 1. The molecule has 0 aliphatic heterocycles. The van der Waals surface area contributed by atoms with Crippen LogP contribution in [-0.4, -0.2) is 23.1 Å². The predicted octanol–water partition coefficient (Wildman–Crippen LogP) is 0.881. The second kappa shape index (κ2) is 4.26. The lowest BCUT2D eigenvalue weighted by Gasteiger charge is -2.02. The van der Waals surface area contributed by atoms with Crippen LogP contribution in [0.15, 0.2) is 6.20 Å². The highest BCUT2D eigenvalue weighted by atomic mass is 15.0. The summed E-state index contributed by atoms with van der Waals surface area (Å²) in [5.74, 6) is 1.09. The zero-order valence-electron chi connectivity index (χ0n) is 8.09. The minimum absolute atomic E-state index is 1.07. The molecule has 0 radical (unpaired) electrons. The Hall–Kier alpha value is -0.830. The van der Waals surface area contributed by atoms with Gasteiger partial charge in [0.15, 0.2) is 0 Å². The molecule has 3 heteroatoms. The summed E-state index contributed by atoms with van der Waals surface area (Å²) in [5, 5.41) is 3.13. The maximum Gasteiger partial charge on any atom is 0.105 e. The van der Waals surface area contributed by atoms with Gasteiger partial charge in [0.25, 0.3) is 0 Å². The summed E-state index contributed by atoms with van der Waals surface area (Å²) in [6.45, 7) is 3.10. The molecule has 68 valence electrons. The summed E-state index contributed by atoms with van der Waals surface area (Å²) < 4.78 is 2.15. The summed E-state index contributed by atoms with van der Waals surface area (Å²) in [4.78, 5) is 4.24. The van der Waals surface area contributed by atoms with Crippen molar-refractivity contribution in [1.82, 2.24) is 14.9 Å². The van der Waals surface area contributed by atoms with Crippen LogP contribution < -0.4 is 5.32 Å². The van der Waals surface area contributed by atoms with Gasteiger partial charge in [0.1, 0.15) is 5.82 Å². The Kier molecular flexibility index (Phi) is 3.29. The SMILES string of the molecule is CNCCCc1cnc(C)n1C. The highest BCUT2D eigenvalue weighted by Gasteiger charge is 2.00. The molecule has 1 aromatic heterocycles. The molecule has 12 heavy (non-hydrogen) atoms. The topological polar surface area (TPSA) is 29.9 Å². The molecular formula is C9H17N3. The largest absolute Gasteiger partial charge is 0.335 e. The molecule has 0 saturated heterocycles. The first-order chi connectivity index (χ1) is 5.75. The number of aryl methyl sites for hydroxylation is 2. The van der Waals surface area contributed by atoms with E-state index in [1.165, 1.54) is 12.1 Å². The molecule has 0 unspecified atom stereocenters. The third-order valence-corrected chi connectivity index (χ3v) is 2.18. The maximum absolute atomic E-state index is 4.24. The monoisotopic (exact) mass is 167 g/mol. The minimum atomic E-state index is 1.07. The van der Waals surface area contributed by atoms with Gasteiger partial charge in [0.05, 0.1) is 0 Å². The molecule has 0 saturated carbocycles. The average molecular weight is 167 g/mol. The van der Waals surface area contributed by atoms with Crippen molar-refractivity contribution in [1.29, 1.82) is 0 Å². The molecule has 1 N–H and O–H groups in total. The van der Waals surface area contributed by atoms with Gasteiger partial charge in [-0.05, 0) is 33.4 Å². The summed E-state index contributed by atoms with van der Waals surface area (Å²) in [5.41, 5.74) is 1.32. The van der Waals surface area contributed by atoms with Gasteiger partial charge >= 0.3 is 0 Å². The lowest BCUT2D eigenvalue weighted by atomic mass is 10.2. The molecule has 1 aromatic rings. The van der Waals surface area contributed by atoms with Gasteiger partial charge in [-0.15, -0.1) is 0 Å². The Labute approximate surface area is 73.8 Å². The highest BCUT2D eigenvalue weighted by Crippen LogP contribution is 2.03. The standard InChI is InChI=1S/C9H17N3/c1-8-11-7-9(12(8)3)5-4-6-10-2/h7,10H,4-6H2,1-3H3. The lowest BCUT2D eigenvalue weighted by molar-refractivity contribution is 0.688. The Morgan fingerprint density at radius 3 is 2.83 bits per heavy atom. The Morgan fingerprint density at radius 2 is 2.33 bits per heavy atom. The van der Waals surface area contributed by atoms with Gasteiger partial charge < -0.3 is 9.88 Å². The van der Waals surface area contributed by atoms with Crippen molar-refractivity contribution in [2.75, 3.05) is 13.6 Å². The van der Waals surface area contributed by atoms with Gasteiger partial charge in [-0.3, -0.25) is 0 Å². The fourth-order valence-electron chi connectivity index (χ4n) is 1.23. The number of aromatic nitrogens is 2. The van der Waals surface area contributed by atoms with Crippen molar-refractivity contribution in [2.24, 2.45) is 7.05 Å². The molecular weight excluding hydrogens is 150 g/mol. The predicted molar refractivity (Wildman–Crippen MR) is 50.2 cm³/mol. The summed E-state index contributed by atoms with van der Waals surface area (Å²) in [6, 6.07) is 0. The van der Waals surface area contributed by atoms with E-state index in [0.29, 0.717) is 0 Å². The number of nitrogens with one attached hydrogen (secondary N) is 1. The molecule has 0 aromatic carbocycles. The third kappa shape index (κ3) is 2.08. The Morgan fingerprint density at radius 1 is 1.58 bits per heavy atom. The van der Waals surface area contributed by atoms with Gasteiger partial charge in [-0.2, -0.15) is 0 Å². The second-order valence-electron chi connectivity index (χ2n) is 3.06. The summed E-state index contributed by atoms with van der Waals surface area (Å²) >= 11 is 0. The smallest absolute Gasteiger partial charge is 0.105 e. The van der Waals surface area contributed by atoms with E-state index < -0.39 is 0 Å².